The van der Waals surface area contributed by atoms with Gasteiger partial charge in [-0.2, -0.15) is 5.26 Å². The number of hydrogen-bond acceptors (Lipinski definition) is 8. The summed E-state index contributed by atoms with van der Waals surface area (Å²) in [6.45, 7) is 7.61. The molecule has 2 aliphatic heterocycles. The lowest BCUT2D eigenvalue weighted by Crippen LogP contribution is -2.38. The maximum absolute atomic E-state index is 14.4. The second-order valence-corrected chi connectivity index (χ2v) is 10.1. The van der Waals surface area contributed by atoms with Gasteiger partial charge in [0.05, 0.1) is 29.4 Å². The van der Waals surface area contributed by atoms with Gasteiger partial charge < -0.3 is 24.3 Å². The van der Waals surface area contributed by atoms with Gasteiger partial charge in [-0.25, -0.2) is 13.8 Å². The van der Waals surface area contributed by atoms with Crippen molar-refractivity contribution < 1.29 is 28.1 Å². The molecular weight excluding hydrogens is 544 g/mol. The standard InChI is InChI=1S/C28H25F2N5O3.C3H6O/c1-17(36)19-11-24(30)28-25(12-19)33-27(34-28)15-35-8-5-21(6-9-35)38-22-4-7-32-20(13-22)16-37-26-3-2-18(14-31)10-23(26)29;1-2-4-3-1/h2-4,7,10-13,21,36H,1,5-6,8-9,15-16H2,(H,33,34);1-3H2. The van der Waals surface area contributed by atoms with Crippen LogP contribution in [0, 0.1) is 23.0 Å². The minimum absolute atomic E-state index is 0.0182. The number of likely N-dealkylation sites (tertiary alicyclic amines) is 1. The summed E-state index contributed by atoms with van der Waals surface area (Å²) in [5.41, 5.74) is 1.89. The van der Waals surface area contributed by atoms with Gasteiger partial charge in [0.15, 0.2) is 17.4 Å². The summed E-state index contributed by atoms with van der Waals surface area (Å²) in [4.78, 5) is 14.0. The first-order chi connectivity index (χ1) is 20.4. The number of H-pyrrole nitrogens is 1. The number of halogens is 2. The first-order valence-corrected chi connectivity index (χ1v) is 13.7. The summed E-state index contributed by atoms with van der Waals surface area (Å²) >= 11 is 0. The van der Waals surface area contributed by atoms with Gasteiger partial charge in [-0.1, -0.05) is 6.58 Å². The Balaban J connectivity index is 0.000000813. The van der Waals surface area contributed by atoms with Gasteiger partial charge in [0.25, 0.3) is 0 Å². The Labute approximate surface area is 242 Å². The fourth-order valence-electron chi connectivity index (χ4n) is 4.55. The van der Waals surface area contributed by atoms with Crippen molar-refractivity contribution in [2.24, 2.45) is 0 Å². The first kappa shape index (κ1) is 29.0. The van der Waals surface area contributed by atoms with Crippen LogP contribution in [0.5, 0.6) is 11.5 Å². The summed E-state index contributed by atoms with van der Waals surface area (Å²) in [7, 11) is 0. The molecule has 2 aromatic heterocycles. The molecule has 4 heterocycles. The predicted molar refractivity (Wildman–Crippen MR) is 152 cm³/mol. The maximum Gasteiger partial charge on any atom is 0.166 e. The zero-order valence-corrected chi connectivity index (χ0v) is 23.0. The van der Waals surface area contributed by atoms with Crippen molar-refractivity contribution in [2.45, 2.75) is 38.5 Å². The van der Waals surface area contributed by atoms with Crippen LogP contribution in [0.15, 0.2) is 55.2 Å². The Morgan fingerprint density at radius 3 is 2.57 bits per heavy atom. The molecule has 0 amide bonds. The Morgan fingerprint density at radius 1 is 1.14 bits per heavy atom. The molecule has 218 valence electrons. The third-order valence-electron chi connectivity index (χ3n) is 6.93. The van der Waals surface area contributed by atoms with Crippen LogP contribution in [0.2, 0.25) is 0 Å². The van der Waals surface area contributed by atoms with E-state index in [4.69, 9.17) is 19.5 Å². The third kappa shape index (κ3) is 7.40. The largest absolute Gasteiger partial charge is 0.508 e. The normalized spacial score (nSPS) is 15.3. The van der Waals surface area contributed by atoms with E-state index in [0.29, 0.717) is 34.9 Å². The summed E-state index contributed by atoms with van der Waals surface area (Å²) in [6.07, 6.45) is 4.52. The number of imidazole rings is 1. The van der Waals surface area contributed by atoms with E-state index in [1.165, 1.54) is 24.6 Å². The molecule has 2 N–H and O–H groups in total. The fraction of sp³-hybridized carbons (Fsp3) is 0.323. The highest BCUT2D eigenvalue weighted by Crippen LogP contribution is 2.24. The molecule has 6 rings (SSSR count). The number of ether oxygens (including phenoxy) is 3. The average Bonchev–Trinajstić information content (AvgIpc) is 3.36. The van der Waals surface area contributed by atoms with E-state index in [1.807, 2.05) is 6.07 Å². The molecule has 11 heteroatoms. The van der Waals surface area contributed by atoms with Gasteiger partial charge in [0.2, 0.25) is 0 Å². The minimum atomic E-state index is -0.600. The molecule has 0 unspecified atom stereocenters. The van der Waals surface area contributed by atoms with Gasteiger partial charge >= 0.3 is 0 Å². The van der Waals surface area contributed by atoms with Crippen molar-refractivity contribution in [3.05, 3.63) is 89.5 Å². The maximum atomic E-state index is 14.4. The van der Waals surface area contributed by atoms with Gasteiger partial charge in [0, 0.05) is 44.1 Å². The van der Waals surface area contributed by atoms with E-state index in [1.54, 1.807) is 24.4 Å². The number of nitriles is 1. The number of aromatic amines is 1. The zero-order valence-electron chi connectivity index (χ0n) is 23.0. The highest BCUT2D eigenvalue weighted by molar-refractivity contribution is 5.80. The van der Waals surface area contributed by atoms with Crippen molar-refractivity contribution in [3.63, 3.8) is 0 Å². The van der Waals surface area contributed by atoms with Crippen molar-refractivity contribution in [1.82, 2.24) is 19.9 Å². The number of pyridine rings is 1. The first-order valence-electron chi connectivity index (χ1n) is 13.7. The number of nitrogens with zero attached hydrogens (tertiary/aromatic N) is 4. The van der Waals surface area contributed by atoms with E-state index in [0.717, 1.165) is 45.2 Å². The molecule has 2 aliphatic rings. The number of fused-ring (bicyclic) bond motifs is 1. The Morgan fingerprint density at radius 2 is 1.90 bits per heavy atom. The third-order valence-corrected chi connectivity index (χ3v) is 6.93. The average molecular weight is 576 g/mol. The summed E-state index contributed by atoms with van der Waals surface area (Å²) in [6, 6.07) is 12.3. The molecule has 0 spiro atoms. The molecule has 0 bridgehead atoms. The number of aliphatic hydroxyl groups excluding tert-OH is 1. The molecule has 42 heavy (non-hydrogen) atoms. The van der Waals surface area contributed by atoms with Crippen molar-refractivity contribution >= 4 is 16.8 Å². The molecule has 0 radical (unpaired) electrons. The molecule has 2 saturated heterocycles. The van der Waals surface area contributed by atoms with E-state index in [2.05, 4.69) is 26.4 Å². The summed E-state index contributed by atoms with van der Waals surface area (Å²) < 4.78 is 44.8. The van der Waals surface area contributed by atoms with Crippen LogP contribution in [0.1, 0.15) is 41.9 Å². The van der Waals surface area contributed by atoms with Crippen LogP contribution in [0.3, 0.4) is 0 Å². The quantitative estimate of drug-likeness (QED) is 0.258. The summed E-state index contributed by atoms with van der Waals surface area (Å²) in [5.74, 6) is 0.0557. The predicted octanol–water partition coefficient (Wildman–Crippen LogP) is 5.67. The number of rotatable bonds is 8. The Bertz CT molecular complexity index is 1590. The second kappa shape index (κ2) is 13.4. The zero-order chi connectivity index (χ0) is 29.5. The van der Waals surface area contributed by atoms with Crippen molar-refractivity contribution in [2.75, 3.05) is 26.3 Å². The molecule has 9 nitrogen and oxygen atoms in total. The Kier molecular flexibility index (Phi) is 9.26. The van der Waals surface area contributed by atoms with Crippen LogP contribution < -0.4 is 9.47 Å². The molecule has 2 aromatic carbocycles. The monoisotopic (exact) mass is 575 g/mol. The number of hydrogen-bond donors (Lipinski definition) is 2. The lowest BCUT2D eigenvalue weighted by Gasteiger charge is -2.31. The molecule has 0 atom stereocenters. The highest BCUT2D eigenvalue weighted by Gasteiger charge is 2.22. The van der Waals surface area contributed by atoms with Crippen LogP contribution in [0.25, 0.3) is 16.8 Å². The number of benzene rings is 2. The number of aromatic nitrogens is 3. The van der Waals surface area contributed by atoms with Crippen LogP contribution in [-0.2, 0) is 17.9 Å². The topological polar surface area (TPSA) is 117 Å². The molecule has 2 fully saturated rings. The van der Waals surface area contributed by atoms with E-state index in [9.17, 15) is 13.9 Å². The van der Waals surface area contributed by atoms with Crippen LogP contribution in [0.4, 0.5) is 8.78 Å². The van der Waals surface area contributed by atoms with Crippen molar-refractivity contribution in [3.8, 4) is 17.6 Å². The van der Waals surface area contributed by atoms with Gasteiger partial charge in [0.1, 0.15) is 35.6 Å². The SMILES string of the molecule is C1COC1.C=C(O)c1cc(F)c2nc(CN3CCC(Oc4ccnc(COc5ccc(C#N)cc5F)c4)CC3)[nH]c2c1. The second-order valence-electron chi connectivity index (χ2n) is 10.1. The van der Waals surface area contributed by atoms with Gasteiger partial charge in [-0.3, -0.25) is 9.88 Å². The van der Waals surface area contributed by atoms with E-state index >= 15 is 0 Å². The fourth-order valence-corrected chi connectivity index (χ4v) is 4.55. The summed E-state index contributed by atoms with van der Waals surface area (Å²) in [5, 5.41) is 18.4. The molecule has 4 aromatic rings. The van der Waals surface area contributed by atoms with Gasteiger partial charge in [-0.05, 0) is 55.7 Å². The number of piperidine rings is 1. The highest BCUT2D eigenvalue weighted by atomic mass is 19.1. The minimum Gasteiger partial charge on any atom is -0.508 e. The van der Waals surface area contributed by atoms with E-state index in [-0.39, 0.29) is 35.3 Å². The van der Waals surface area contributed by atoms with E-state index < -0.39 is 11.6 Å². The van der Waals surface area contributed by atoms with Crippen LogP contribution in [-0.4, -0.2) is 57.4 Å². The Hall–Kier alpha value is -4.53. The number of aliphatic hydroxyl groups is 1. The van der Waals surface area contributed by atoms with Crippen LogP contribution >= 0.6 is 0 Å². The smallest absolute Gasteiger partial charge is 0.166 e. The van der Waals surface area contributed by atoms with Crippen molar-refractivity contribution in [1.29, 1.82) is 5.26 Å². The molecule has 0 aliphatic carbocycles. The lowest BCUT2D eigenvalue weighted by molar-refractivity contribution is 0.0367. The number of nitrogens with one attached hydrogen (secondary N) is 1. The lowest BCUT2D eigenvalue weighted by atomic mass is 10.1. The molecular formula is C31H31F2N5O4. The van der Waals surface area contributed by atoms with Gasteiger partial charge in [-0.15, -0.1) is 0 Å². The molecule has 0 saturated carbocycles.